The number of benzene rings is 1. The molecule has 2 N–H and O–H groups in total. The number of aromatic hydroxyl groups is 1. The van der Waals surface area contributed by atoms with Crippen molar-refractivity contribution in [2.45, 2.75) is 6.42 Å². The molecule has 0 bridgehead atoms. The highest BCUT2D eigenvalue weighted by molar-refractivity contribution is 7.13. The minimum Gasteiger partial charge on any atom is -0.508 e. The SMILES string of the molecule is OCCc1csc(-c2cccc(O)c2)n1. The Kier molecular flexibility index (Phi) is 2.99. The summed E-state index contributed by atoms with van der Waals surface area (Å²) in [6.45, 7) is 0.114. The summed E-state index contributed by atoms with van der Waals surface area (Å²) in [5.41, 5.74) is 1.80. The number of aliphatic hydroxyl groups is 1. The Balaban J connectivity index is 2.29. The monoisotopic (exact) mass is 221 g/mol. The van der Waals surface area contributed by atoms with Crippen molar-refractivity contribution >= 4 is 11.3 Å². The molecule has 78 valence electrons. The molecule has 0 aliphatic carbocycles. The zero-order valence-corrected chi connectivity index (χ0v) is 8.87. The Morgan fingerprint density at radius 2 is 2.20 bits per heavy atom. The smallest absolute Gasteiger partial charge is 0.123 e. The van der Waals surface area contributed by atoms with Gasteiger partial charge in [-0.2, -0.15) is 0 Å². The van der Waals surface area contributed by atoms with E-state index in [9.17, 15) is 5.11 Å². The fraction of sp³-hybridized carbons (Fsp3) is 0.182. The largest absolute Gasteiger partial charge is 0.508 e. The Morgan fingerprint density at radius 3 is 2.93 bits per heavy atom. The van der Waals surface area contributed by atoms with Crippen LogP contribution in [0.15, 0.2) is 29.6 Å². The molecular formula is C11H11NO2S. The summed E-state index contributed by atoms with van der Waals surface area (Å²) in [5.74, 6) is 0.242. The molecule has 0 aliphatic heterocycles. The lowest BCUT2D eigenvalue weighted by molar-refractivity contribution is 0.298. The number of phenolic OH excluding ortho intramolecular Hbond substituents is 1. The highest BCUT2D eigenvalue weighted by Gasteiger charge is 2.04. The zero-order chi connectivity index (χ0) is 10.7. The summed E-state index contributed by atoms with van der Waals surface area (Å²) in [7, 11) is 0. The number of hydrogen-bond acceptors (Lipinski definition) is 4. The van der Waals surface area contributed by atoms with Crippen LogP contribution < -0.4 is 0 Å². The first-order chi connectivity index (χ1) is 7.29. The quantitative estimate of drug-likeness (QED) is 0.834. The van der Waals surface area contributed by atoms with Gasteiger partial charge in [-0.3, -0.25) is 0 Å². The van der Waals surface area contributed by atoms with E-state index in [4.69, 9.17) is 5.11 Å². The molecular weight excluding hydrogens is 210 g/mol. The van der Waals surface area contributed by atoms with E-state index in [0.29, 0.717) is 6.42 Å². The van der Waals surface area contributed by atoms with Gasteiger partial charge < -0.3 is 10.2 Å². The van der Waals surface area contributed by atoms with Crippen LogP contribution in [0, 0.1) is 0 Å². The third-order valence-electron chi connectivity index (χ3n) is 2.01. The maximum Gasteiger partial charge on any atom is 0.123 e. The van der Waals surface area contributed by atoms with Gasteiger partial charge in [0, 0.05) is 24.0 Å². The molecule has 1 heterocycles. The molecule has 0 amide bonds. The van der Waals surface area contributed by atoms with Crippen molar-refractivity contribution < 1.29 is 10.2 Å². The lowest BCUT2D eigenvalue weighted by Crippen LogP contribution is -1.90. The standard InChI is InChI=1S/C11H11NO2S/c13-5-4-9-7-15-11(12-9)8-2-1-3-10(14)6-8/h1-3,6-7,13-14H,4-5H2. The second-order valence-electron chi connectivity index (χ2n) is 3.17. The van der Waals surface area contributed by atoms with Crippen LogP contribution in [0.2, 0.25) is 0 Å². The van der Waals surface area contributed by atoms with Crippen molar-refractivity contribution in [3.8, 4) is 16.3 Å². The molecule has 0 unspecified atom stereocenters. The van der Waals surface area contributed by atoms with Gasteiger partial charge in [-0.05, 0) is 12.1 Å². The molecule has 0 fully saturated rings. The van der Waals surface area contributed by atoms with E-state index in [2.05, 4.69) is 4.98 Å². The summed E-state index contributed by atoms with van der Waals surface area (Å²) < 4.78 is 0. The molecule has 1 aromatic carbocycles. The summed E-state index contributed by atoms with van der Waals surface area (Å²) in [4.78, 5) is 4.36. The predicted molar refractivity (Wildman–Crippen MR) is 60.0 cm³/mol. The normalized spacial score (nSPS) is 10.5. The Labute approximate surface area is 91.7 Å². The highest BCUT2D eigenvalue weighted by Crippen LogP contribution is 2.26. The molecule has 3 nitrogen and oxygen atoms in total. The predicted octanol–water partition coefficient (Wildman–Crippen LogP) is 2.05. The van der Waals surface area contributed by atoms with Gasteiger partial charge in [0.1, 0.15) is 10.8 Å². The molecule has 2 aromatic rings. The number of nitrogens with zero attached hydrogens (tertiary/aromatic N) is 1. The minimum atomic E-state index is 0.114. The van der Waals surface area contributed by atoms with Crippen LogP contribution >= 0.6 is 11.3 Å². The molecule has 0 saturated carbocycles. The number of rotatable bonds is 3. The molecule has 0 aliphatic rings. The van der Waals surface area contributed by atoms with Gasteiger partial charge in [0.15, 0.2) is 0 Å². The van der Waals surface area contributed by atoms with Crippen molar-refractivity contribution in [3.05, 3.63) is 35.3 Å². The van der Waals surface area contributed by atoms with E-state index >= 15 is 0 Å². The van der Waals surface area contributed by atoms with Crippen molar-refractivity contribution in [2.24, 2.45) is 0 Å². The third kappa shape index (κ3) is 2.34. The maximum atomic E-state index is 9.32. The van der Waals surface area contributed by atoms with Gasteiger partial charge in [-0.25, -0.2) is 4.98 Å². The average molecular weight is 221 g/mol. The Hall–Kier alpha value is -1.39. The molecule has 0 spiro atoms. The van der Waals surface area contributed by atoms with Crippen LogP contribution in [-0.4, -0.2) is 21.8 Å². The van der Waals surface area contributed by atoms with Crippen LogP contribution in [-0.2, 0) is 6.42 Å². The van der Waals surface area contributed by atoms with Gasteiger partial charge in [-0.15, -0.1) is 11.3 Å². The average Bonchev–Trinajstić information content (AvgIpc) is 2.67. The molecule has 0 saturated heterocycles. The summed E-state index contributed by atoms with van der Waals surface area (Å²) >= 11 is 1.52. The van der Waals surface area contributed by atoms with Crippen LogP contribution in [0.25, 0.3) is 10.6 Å². The van der Waals surface area contributed by atoms with Gasteiger partial charge in [-0.1, -0.05) is 12.1 Å². The van der Waals surface area contributed by atoms with Crippen LogP contribution in [0.4, 0.5) is 0 Å². The van der Waals surface area contributed by atoms with E-state index in [1.807, 2.05) is 11.4 Å². The van der Waals surface area contributed by atoms with Gasteiger partial charge >= 0.3 is 0 Å². The highest BCUT2D eigenvalue weighted by atomic mass is 32.1. The number of thiazole rings is 1. The zero-order valence-electron chi connectivity index (χ0n) is 8.05. The number of hydrogen-bond donors (Lipinski definition) is 2. The first-order valence-electron chi connectivity index (χ1n) is 4.64. The second kappa shape index (κ2) is 4.42. The summed E-state index contributed by atoms with van der Waals surface area (Å²) in [5, 5.41) is 20.9. The third-order valence-corrected chi connectivity index (χ3v) is 2.95. The van der Waals surface area contributed by atoms with Crippen LogP contribution in [0.3, 0.4) is 0 Å². The number of phenols is 1. The molecule has 0 atom stereocenters. The Morgan fingerprint density at radius 1 is 1.33 bits per heavy atom. The summed E-state index contributed by atoms with van der Waals surface area (Å²) in [6.07, 6.45) is 0.579. The van der Waals surface area contributed by atoms with Crippen molar-refractivity contribution in [3.63, 3.8) is 0 Å². The van der Waals surface area contributed by atoms with Gasteiger partial charge in [0.2, 0.25) is 0 Å². The van der Waals surface area contributed by atoms with E-state index in [1.165, 1.54) is 11.3 Å². The van der Waals surface area contributed by atoms with Crippen molar-refractivity contribution in [1.82, 2.24) is 4.98 Å². The minimum absolute atomic E-state index is 0.114. The lowest BCUT2D eigenvalue weighted by Gasteiger charge is -1.96. The molecule has 15 heavy (non-hydrogen) atoms. The van der Waals surface area contributed by atoms with E-state index < -0.39 is 0 Å². The molecule has 4 heteroatoms. The molecule has 0 radical (unpaired) electrons. The number of aromatic nitrogens is 1. The first-order valence-corrected chi connectivity index (χ1v) is 5.52. The van der Waals surface area contributed by atoms with Gasteiger partial charge in [0.25, 0.3) is 0 Å². The topological polar surface area (TPSA) is 53.4 Å². The fourth-order valence-electron chi connectivity index (χ4n) is 1.31. The van der Waals surface area contributed by atoms with E-state index in [1.54, 1.807) is 18.2 Å². The number of aliphatic hydroxyl groups excluding tert-OH is 1. The van der Waals surface area contributed by atoms with Gasteiger partial charge in [0.05, 0.1) is 5.69 Å². The Bertz CT molecular complexity index is 453. The summed E-state index contributed by atoms with van der Waals surface area (Å²) in [6, 6.07) is 7.01. The molecule has 1 aromatic heterocycles. The first kappa shape index (κ1) is 10.1. The van der Waals surface area contributed by atoms with Crippen molar-refractivity contribution in [2.75, 3.05) is 6.61 Å². The van der Waals surface area contributed by atoms with Crippen LogP contribution in [0.1, 0.15) is 5.69 Å². The fourth-order valence-corrected chi connectivity index (χ4v) is 2.16. The second-order valence-corrected chi connectivity index (χ2v) is 4.03. The maximum absolute atomic E-state index is 9.32. The van der Waals surface area contributed by atoms with Crippen LogP contribution in [0.5, 0.6) is 5.75 Å². The van der Waals surface area contributed by atoms with Crippen molar-refractivity contribution in [1.29, 1.82) is 0 Å². The lowest BCUT2D eigenvalue weighted by atomic mass is 10.2. The molecule has 2 rings (SSSR count). The van der Waals surface area contributed by atoms with E-state index in [-0.39, 0.29) is 12.4 Å². The van der Waals surface area contributed by atoms with E-state index in [0.717, 1.165) is 16.3 Å².